The summed E-state index contributed by atoms with van der Waals surface area (Å²) in [6, 6.07) is -1.51. The molecule has 0 heterocycles. The molecule has 4 N–H and O–H groups in total. The van der Waals surface area contributed by atoms with Crippen LogP contribution in [-0.4, -0.2) is 45.1 Å². The Bertz CT molecular complexity index is 656. The highest BCUT2D eigenvalue weighted by molar-refractivity contribution is 5.53. The fraction of sp³-hybridized carbons (Fsp3) is 0.500. The molecular weight excluding hydrogens is 436 g/mol. The van der Waals surface area contributed by atoms with Crippen LogP contribution in [0.15, 0.2) is 12.1 Å². The van der Waals surface area contributed by atoms with Gasteiger partial charge in [-0.05, 0) is 12.1 Å². The number of halogens is 12. The predicted octanol–water partition coefficient (Wildman–Crippen LogP) is 3.72. The molecule has 0 saturated carbocycles. The molecule has 1 aromatic rings. The standard InChI is InChI=1S/C12H6F12O4/c13-9(14,15)7(27,10(16,17)18)4-1-3(25)2-5(6(4)26)8(28,11(19,20)21)12(22,23)24/h1-2,25-28H. The lowest BCUT2D eigenvalue weighted by molar-refractivity contribution is -0.378. The molecule has 0 amide bonds. The van der Waals surface area contributed by atoms with E-state index in [0.717, 1.165) is 0 Å². The number of aliphatic hydroxyl groups is 2. The normalized spacial score (nSPS) is 15.1. The Labute approximate surface area is 145 Å². The van der Waals surface area contributed by atoms with Crippen LogP contribution in [0.25, 0.3) is 0 Å². The molecule has 0 unspecified atom stereocenters. The maximum Gasteiger partial charge on any atom is 0.430 e. The van der Waals surface area contributed by atoms with E-state index in [0.29, 0.717) is 0 Å². The summed E-state index contributed by atoms with van der Waals surface area (Å²) in [7, 11) is 0. The molecule has 4 nitrogen and oxygen atoms in total. The van der Waals surface area contributed by atoms with E-state index in [4.69, 9.17) is 15.3 Å². The van der Waals surface area contributed by atoms with Gasteiger partial charge in [-0.1, -0.05) is 0 Å². The lowest BCUT2D eigenvalue weighted by atomic mass is 9.84. The molecule has 1 aromatic carbocycles. The van der Waals surface area contributed by atoms with Gasteiger partial charge >= 0.3 is 24.7 Å². The van der Waals surface area contributed by atoms with Gasteiger partial charge in [0.15, 0.2) is 0 Å². The number of rotatable bonds is 2. The summed E-state index contributed by atoms with van der Waals surface area (Å²) in [5.41, 5.74) is -18.4. The first-order valence-electron chi connectivity index (χ1n) is 6.32. The predicted molar refractivity (Wildman–Crippen MR) is 61.8 cm³/mol. The highest BCUT2D eigenvalue weighted by atomic mass is 19.4. The summed E-state index contributed by atoms with van der Waals surface area (Å²) in [5.74, 6) is -5.14. The first-order valence-corrected chi connectivity index (χ1v) is 6.32. The zero-order chi connectivity index (χ0) is 22.7. The van der Waals surface area contributed by atoms with Crippen LogP contribution in [0.5, 0.6) is 11.5 Å². The molecule has 0 radical (unpaired) electrons. The van der Waals surface area contributed by atoms with Crippen molar-refractivity contribution in [1.29, 1.82) is 0 Å². The molecule has 0 aliphatic rings. The first kappa shape index (κ1) is 23.9. The van der Waals surface area contributed by atoms with Gasteiger partial charge < -0.3 is 20.4 Å². The van der Waals surface area contributed by atoms with Gasteiger partial charge in [-0.15, -0.1) is 0 Å². The maximum absolute atomic E-state index is 12.8. The number of benzene rings is 1. The Morgan fingerprint density at radius 3 is 0.893 bits per heavy atom. The zero-order valence-corrected chi connectivity index (χ0v) is 12.5. The van der Waals surface area contributed by atoms with Crippen molar-refractivity contribution in [3.8, 4) is 11.5 Å². The van der Waals surface area contributed by atoms with E-state index < -0.39 is 70.7 Å². The second kappa shape index (κ2) is 6.20. The van der Waals surface area contributed by atoms with Gasteiger partial charge in [0.2, 0.25) is 0 Å². The molecule has 0 fully saturated rings. The molecule has 1 rings (SSSR count). The Hall–Kier alpha value is -2.10. The second-order valence-electron chi connectivity index (χ2n) is 5.30. The molecule has 16 heteroatoms. The lowest BCUT2D eigenvalue weighted by Gasteiger charge is -2.36. The highest BCUT2D eigenvalue weighted by Gasteiger charge is 2.75. The number of hydrogen-bond donors (Lipinski definition) is 4. The van der Waals surface area contributed by atoms with Crippen molar-refractivity contribution in [2.75, 3.05) is 0 Å². The van der Waals surface area contributed by atoms with Crippen LogP contribution in [0.3, 0.4) is 0 Å². The van der Waals surface area contributed by atoms with Crippen molar-refractivity contribution in [3.63, 3.8) is 0 Å². The lowest BCUT2D eigenvalue weighted by Crippen LogP contribution is -2.55. The summed E-state index contributed by atoms with van der Waals surface area (Å²) in [5, 5.41) is 36.7. The van der Waals surface area contributed by atoms with Crippen LogP contribution >= 0.6 is 0 Å². The molecule has 0 atom stereocenters. The third-order valence-electron chi connectivity index (χ3n) is 3.52. The van der Waals surface area contributed by atoms with E-state index in [1.807, 2.05) is 0 Å². The summed E-state index contributed by atoms with van der Waals surface area (Å²) >= 11 is 0. The average Bonchev–Trinajstić information content (AvgIpc) is 2.42. The second-order valence-corrected chi connectivity index (χ2v) is 5.30. The quantitative estimate of drug-likeness (QED) is 0.416. The van der Waals surface area contributed by atoms with Gasteiger partial charge in [0.05, 0.1) is 0 Å². The summed E-state index contributed by atoms with van der Waals surface area (Å²) in [4.78, 5) is 0. The van der Waals surface area contributed by atoms with Gasteiger partial charge in [-0.25, -0.2) is 0 Å². The highest BCUT2D eigenvalue weighted by Crippen LogP contribution is 2.58. The third-order valence-corrected chi connectivity index (χ3v) is 3.52. The number of hydrogen-bond acceptors (Lipinski definition) is 4. The van der Waals surface area contributed by atoms with Crippen molar-refractivity contribution in [3.05, 3.63) is 23.3 Å². The monoisotopic (exact) mass is 442 g/mol. The molecule has 162 valence electrons. The fourth-order valence-corrected chi connectivity index (χ4v) is 2.10. The topological polar surface area (TPSA) is 80.9 Å². The molecule has 0 bridgehead atoms. The van der Waals surface area contributed by atoms with Gasteiger partial charge in [-0.2, -0.15) is 52.7 Å². The van der Waals surface area contributed by atoms with Gasteiger partial charge in [0, 0.05) is 11.1 Å². The van der Waals surface area contributed by atoms with Gasteiger partial charge in [0.1, 0.15) is 11.5 Å². The molecule has 0 saturated heterocycles. The molecule has 0 spiro atoms. The number of aromatic hydroxyl groups is 2. The Morgan fingerprint density at radius 1 is 0.500 bits per heavy atom. The van der Waals surface area contributed by atoms with Crippen LogP contribution in [0.2, 0.25) is 0 Å². The van der Waals surface area contributed by atoms with E-state index in [1.165, 1.54) is 0 Å². The molecule has 0 aliphatic carbocycles. The zero-order valence-electron chi connectivity index (χ0n) is 12.5. The largest absolute Gasteiger partial charge is 0.508 e. The van der Waals surface area contributed by atoms with E-state index >= 15 is 0 Å². The molecule has 0 aromatic heterocycles. The third kappa shape index (κ3) is 3.27. The Morgan fingerprint density at radius 2 is 0.714 bits per heavy atom. The van der Waals surface area contributed by atoms with Crippen molar-refractivity contribution in [1.82, 2.24) is 0 Å². The van der Waals surface area contributed by atoms with E-state index in [9.17, 15) is 57.8 Å². The first-order chi connectivity index (χ1) is 12.0. The molecule has 0 aliphatic heterocycles. The van der Waals surface area contributed by atoms with Crippen molar-refractivity contribution >= 4 is 0 Å². The minimum Gasteiger partial charge on any atom is -0.508 e. The van der Waals surface area contributed by atoms with Crippen LogP contribution < -0.4 is 0 Å². The van der Waals surface area contributed by atoms with Crippen molar-refractivity contribution in [2.45, 2.75) is 35.9 Å². The SMILES string of the molecule is Oc1cc(C(O)(C(F)(F)F)C(F)(F)F)c(O)c(C(O)(C(F)(F)F)C(F)(F)F)c1. The Balaban J connectivity index is 4.12. The summed E-state index contributed by atoms with van der Waals surface area (Å²) < 4.78 is 154. The maximum atomic E-state index is 12.8. The molecule has 28 heavy (non-hydrogen) atoms. The fourth-order valence-electron chi connectivity index (χ4n) is 2.10. The summed E-state index contributed by atoms with van der Waals surface area (Å²) in [6.07, 6.45) is -27.3. The number of phenols is 2. The van der Waals surface area contributed by atoms with Gasteiger partial charge in [0.25, 0.3) is 11.2 Å². The van der Waals surface area contributed by atoms with Crippen LogP contribution in [0.4, 0.5) is 52.7 Å². The van der Waals surface area contributed by atoms with Crippen molar-refractivity contribution in [2.24, 2.45) is 0 Å². The van der Waals surface area contributed by atoms with E-state index in [1.54, 1.807) is 0 Å². The Kier molecular flexibility index (Phi) is 5.30. The minimum absolute atomic E-state index is 0.757. The van der Waals surface area contributed by atoms with Crippen LogP contribution in [0, 0.1) is 0 Å². The van der Waals surface area contributed by atoms with Crippen molar-refractivity contribution < 1.29 is 73.1 Å². The van der Waals surface area contributed by atoms with Crippen LogP contribution in [0.1, 0.15) is 11.1 Å². The number of alkyl halides is 12. The summed E-state index contributed by atoms with van der Waals surface area (Å²) in [6.45, 7) is 0. The van der Waals surface area contributed by atoms with Crippen LogP contribution in [-0.2, 0) is 11.2 Å². The van der Waals surface area contributed by atoms with Gasteiger partial charge in [-0.3, -0.25) is 0 Å². The molecular formula is C12H6F12O4. The number of phenolic OH excluding ortho intramolecular Hbond substituents is 2. The van der Waals surface area contributed by atoms with E-state index in [2.05, 4.69) is 0 Å². The average molecular weight is 442 g/mol. The smallest absolute Gasteiger partial charge is 0.430 e. The minimum atomic E-state index is -6.83. The van der Waals surface area contributed by atoms with E-state index in [-0.39, 0.29) is 0 Å².